The molecule has 2 fully saturated rings. The summed E-state index contributed by atoms with van der Waals surface area (Å²) in [6.45, 7) is 15.1. The van der Waals surface area contributed by atoms with Crippen molar-refractivity contribution in [3.8, 4) is 0 Å². The van der Waals surface area contributed by atoms with E-state index in [9.17, 15) is 14.7 Å². The second-order valence-electron chi connectivity index (χ2n) is 11.4. The third kappa shape index (κ3) is 3.55. The van der Waals surface area contributed by atoms with Gasteiger partial charge in [0.25, 0.3) is 0 Å². The van der Waals surface area contributed by atoms with Gasteiger partial charge in [-0.1, -0.05) is 46.3 Å². The number of fused-ring (bicyclic) bond motifs is 3. The van der Waals surface area contributed by atoms with Crippen LogP contribution in [0.15, 0.2) is 11.6 Å². The average molecular weight is 435 g/mol. The maximum atomic E-state index is 13.4. The van der Waals surface area contributed by atoms with Crippen molar-refractivity contribution in [2.45, 2.75) is 93.1 Å². The monoisotopic (exact) mass is 434 g/mol. The van der Waals surface area contributed by atoms with Gasteiger partial charge in [-0.15, -0.1) is 0 Å². The number of carbonyl (C=O) groups is 2. The van der Waals surface area contributed by atoms with E-state index in [0.717, 1.165) is 38.5 Å². The summed E-state index contributed by atoms with van der Waals surface area (Å²) in [5.74, 6) is -0.618. The fourth-order valence-electron chi connectivity index (χ4n) is 7.68. The Morgan fingerprint density at radius 1 is 1.06 bits per heavy atom. The Morgan fingerprint density at radius 2 is 1.71 bits per heavy atom. The van der Waals surface area contributed by atoms with Crippen molar-refractivity contribution >= 4 is 11.9 Å². The lowest BCUT2D eigenvalue weighted by atomic mass is 9.31. The Bertz CT molecular complexity index is 759. The topological polar surface area (TPSA) is 72.8 Å². The van der Waals surface area contributed by atoms with Crippen LogP contribution < -0.4 is 0 Å². The zero-order chi connectivity index (χ0) is 23.2. The Kier molecular flexibility index (Phi) is 6.43. The molecule has 1 N–H and O–H groups in total. The van der Waals surface area contributed by atoms with Gasteiger partial charge in [-0.2, -0.15) is 0 Å². The van der Waals surface area contributed by atoms with Crippen LogP contribution in [0.3, 0.4) is 0 Å². The molecule has 0 spiro atoms. The van der Waals surface area contributed by atoms with Crippen LogP contribution in [0.4, 0.5) is 0 Å². The number of ether oxygens (including phenoxy) is 2. The van der Waals surface area contributed by atoms with E-state index >= 15 is 0 Å². The molecule has 0 aromatic heterocycles. The van der Waals surface area contributed by atoms with Crippen molar-refractivity contribution in [2.75, 3.05) is 13.2 Å². The molecule has 3 rings (SSSR count). The number of allylic oxidation sites excluding steroid dienone is 2. The molecular weight excluding hydrogens is 392 g/mol. The summed E-state index contributed by atoms with van der Waals surface area (Å²) in [6, 6.07) is 0. The summed E-state index contributed by atoms with van der Waals surface area (Å²) in [5, 5.41) is 10.1. The molecule has 0 heterocycles. The fraction of sp³-hybridized carbons (Fsp3) is 0.846. The van der Waals surface area contributed by atoms with Gasteiger partial charge in [0.2, 0.25) is 0 Å². The SMILES string of the molecule is CC(=O)OC[C@H](O)COC(=O)[C@H]1[C@H](C)CC[C@]2(C)[C@@]3(C)CCC=C(C)[C@]3(C)CC[C@]12C. The van der Waals surface area contributed by atoms with Gasteiger partial charge in [-0.3, -0.25) is 9.59 Å². The Hall–Kier alpha value is -1.36. The summed E-state index contributed by atoms with van der Waals surface area (Å²) in [7, 11) is 0. The molecular formula is C26H42O5. The lowest BCUT2D eigenvalue weighted by Gasteiger charge is -2.72. The lowest BCUT2D eigenvalue weighted by Crippen LogP contribution is -2.66. The van der Waals surface area contributed by atoms with Crippen LogP contribution in [0, 0.1) is 33.5 Å². The smallest absolute Gasteiger partial charge is 0.309 e. The summed E-state index contributed by atoms with van der Waals surface area (Å²) >= 11 is 0. The van der Waals surface area contributed by atoms with Crippen LogP contribution in [0.1, 0.15) is 87.0 Å². The van der Waals surface area contributed by atoms with Gasteiger partial charge in [0, 0.05) is 6.92 Å². The molecule has 0 aromatic rings. The van der Waals surface area contributed by atoms with Crippen molar-refractivity contribution in [1.82, 2.24) is 0 Å². The third-order valence-corrected chi connectivity index (χ3v) is 10.3. The first-order valence-corrected chi connectivity index (χ1v) is 12.0. The lowest BCUT2D eigenvalue weighted by molar-refractivity contribution is -0.230. The van der Waals surface area contributed by atoms with Crippen LogP contribution in [-0.2, 0) is 19.1 Å². The normalized spacial score (nSPS) is 43.2. The maximum Gasteiger partial charge on any atom is 0.309 e. The van der Waals surface area contributed by atoms with Crippen LogP contribution >= 0.6 is 0 Å². The van der Waals surface area contributed by atoms with Gasteiger partial charge in [0.05, 0.1) is 5.92 Å². The number of aliphatic hydroxyl groups is 1. The highest BCUT2D eigenvalue weighted by atomic mass is 16.6. The van der Waals surface area contributed by atoms with Crippen LogP contribution in [-0.4, -0.2) is 36.4 Å². The largest absolute Gasteiger partial charge is 0.463 e. The molecule has 2 saturated carbocycles. The van der Waals surface area contributed by atoms with Crippen molar-refractivity contribution < 1.29 is 24.2 Å². The summed E-state index contributed by atoms with van der Waals surface area (Å²) in [6.07, 6.45) is 7.92. The third-order valence-electron chi connectivity index (χ3n) is 10.3. The van der Waals surface area contributed by atoms with Crippen LogP contribution in [0.5, 0.6) is 0 Å². The van der Waals surface area contributed by atoms with E-state index in [1.807, 2.05) is 0 Å². The van der Waals surface area contributed by atoms with Gasteiger partial charge in [-0.05, 0) is 73.0 Å². The molecule has 3 aliphatic rings. The van der Waals surface area contributed by atoms with Crippen molar-refractivity contribution in [1.29, 1.82) is 0 Å². The second kappa shape index (κ2) is 8.20. The van der Waals surface area contributed by atoms with Crippen LogP contribution in [0.2, 0.25) is 0 Å². The van der Waals surface area contributed by atoms with E-state index in [0.29, 0.717) is 0 Å². The molecule has 176 valence electrons. The van der Waals surface area contributed by atoms with E-state index in [4.69, 9.17) is 9.47 Å². The van der Waals surface area contributed by atoms with Crippen molar-refractivity contribution in [2.24, 2.45) is 33.5 Å². The molecule has 0 saturated heterocycles. The Balaban J connectivity index is 1.86. The average Bonchev–Trinajstić information content (AvgIpc) is 2.69. The highest BCUT2D eigenvalue weighted by Crippen LogP contribution is 2.76. The molecule has 5 nitrogen and oxygen atoms in total. The van der Waals surface area contributed by atoms with Crippen molar-refractivity contribution in [3.05, 3.63) is 11.6 Å². The number of esters is 2. The first-order valence-electron chi connectivity index (χ1n) is 12.0. The highest BCUT2D eigenvalue weighted by molar-refractivity contribution is 5.74. The van der Waals surface area contributed by atoms with Gasteiger partial charge in [-0.25, -0.2) is 0 Å². The number of rotatable bonds is 5. The zero-order valence-corrected chi connectivity index (χ0v) is 20.5. The summed E-state index contributed by atoms with van der Waals surface area (Å²) < 4.78 is 10.5. The van der Waals surface area contributed by atoms with Crippen LogP contribution in [0.25, 0.3) is 0 Å². The predicted octanol–water partition coefficient (Wildman–Crippen LogP) is 5.06. The molecule has 0 unspecified atom stereocenters. The Labute approximate surface area is 188 Å². The van der Waals surface area contributed by atoms with Gasteiger partial charge < -0.3 is 14.6 Å². The van der Waals surface area contributed by atoms with E-state index in [1.165, 1.54) is 12.5 Å². The van der Waals surface area contributed by atoms with Gasteiger partial charge in [0.15, 0.2) is 0 Å². The minimum Gasteiger partial charge on any atom is -0.463 e. The van der Waals surface area contributed by atoms with Crippen molar-refractivity contribution in [3.63, 3.8) is 0 Å². The highest BCUT2D eigenvalue weighted by Gasteiger charge is 2.70. The molecule has 5 heteroatoms. The summed E-state index contributed by atoms with van der Waals surface area (Å²) in [5.41, 5.74) is 1.66. The molecule has 7 atom stereocenters. The molecule has 31 heavy (non-hydrogen) atoms. The minimum atomic E-state index is -0.996. The molecule has 0 aromatic carbocycles. The minimum absolute atomic E-state index is 0.0229. The van der Waals surface area contributed by atoms with Gasteiger partial charge in [0.1, 0.15) is 19.3 Å². The number of hydrogen-bond acceptors (Lipinski definition) is 5. The predicted molar refractivity (Wildman–Crippen MR) is 120 cm³/mol. The molecule has 3 aliphatic carbocycles. The fourth-order valence-corrected chi connectivity index (χ4v) is 7.68. The first kappa shape index (κ1) is 24.3. The van der Waals surface area contributed by atoms with E-state index < -0.39 is 12.1 Å². The number of hydrogen-bond donors (Lipinski definition) is 1. The zero-order valence-electron chi connectivity index (χ0n) is 20.5. The summed E-state index contributed by atoms with van der Waals surface area (Å²) in [4.78, 5) is 24.4. The molecule has 0 amide bonds. The van der Waals surface area contributed by atoms with Gasteiger partial charge >= 0.3 is 11.9 Å². The standard InChI is InChI=1S/C26H42O5/c1-17-10-12-26(7)24(5,14-13-23(4)18(2)9-8-11-25(23,26)6)21(17)22(29)31-16-20(28)15-30-19(3)27/h9,17,20-21,28H,8,10-16H2,1-7H3/t17-,20+,21-,23+,24-,25+,26+/m1/s1. The number of aliphatic hydroxyl groups excluding tert-OH is 1. The van der Waals surface area contributed by atoms with E-state index in [-0.39, 0.29) is 52.7 Å². The van der Waals surface area contributed by atoms with E-state index in [2.05, 4.69) is 47.6 Å². The maximum absolute atomic E-state index is 13.4. The number of carbonyl (C=O) groups excluding carboxylic acids is 2. The molecule has 0 bridgehead atoms. The first-order chi connectivity index (χ1) is 14.3. The van der Waals surface area contributed by atoms with E-state index in [1.54, 1.807) is 0 Å². The quantitative estimate of drug-likeness (QED) is 0.484. The molecule has 0 aliphatic heterocycles. The molecule has 0 radical (unpaired) electrons. The second-order valence-corrected chi connectivity index (χ2v) is 11.4. The Morgan fingerprint density at radius 3 is 2.35 bits per heavy atom.